The van der Waals surface area contributed by atoms with Crippen molar-refractivity contribution in [2.45, 2.75) is 26.9 Å². The van der Waals surface area contributed by atoms with Crippen molar-refractivity contribution in [3.63, 3.8) is 0 Å². The molecule has 0 aliphatic carbocycles. The van der Waals surface area contributed by atoms with Crippen LogP contribution in [0.1, 0.15) is 23.7 Å². The van der Waals surface area contributed by atoms with Crippen LogP contribution in [-0.4, -0.2) is 38.0 Å². The number of aromatic nitrogens is 1. The second kappa shape index (κ2) is 13.7. The number of guanidine groups is 1. The molecule has 3 rings (SSSR count). The van der Waals surface area contributed by atoms with Crippen LogP contribution in [0.15, 0.2) is 64.1 Å². The summed E-state index contributed by atoms with van der Waals surface area (Å²) < 4.78 is 16.4. The highest BCUT2D eigenvalue weighted by Gasteiger charge is 2.08. The van der Waals surface area contributed by atoms with Crippen LogP contribution in [0.3, 0.4) is 0 Å². The normalized spacial score (nSPS) is 11.0. The van der Waals surface area contributed by atoms with Crippen molar-refractivity contribution in [1.29, 1.82) is 0 Å². The van der Waals surface area contributed by atoms with Gasteiger partial charge in [-0.1, -0.05) is 47.6 Å². The zero-order chi connectivity index (χ0) is 21.9. The smallest absolute Gasteiger partial charge is 0.191 e. The average Bonchev–Trinajstić information content (AvgIpc) is 3.26. The fourth-order valence-electron chi connectivity index (χ4n) is 2.98. The third-order valence-electron chi connectivity index (χ3n) is 4.57. The summed E-state index contributed by atoms with van der Waals surface area (Å²) in [7, 11) is 1.66. The van der Waals surface area contributed by atoms with Crippen LogP contribution < -0.4 is 15.4 Å². The summed E-state index contributed by atoms with van der Waals surface area (Å²) in [6.07, 6.45) is 0. The SMILES string of the molecule is CCNC(=NCc1ccc(C)cc1OCCOC)NCc1cc(-c2ccccc2)on1.I. The van der Waals surface area contributed by atoms with Crippen molar-refractivity contribution in [3.8, 4) is 17.1 Å². The monoisotopic (exact) mass is 550 g/mol. The summed E-state index contributed by atoms with van der Waals surface area (Å²) >= 11 is 0. The van der Waals surface area contributed by atoms with Crippen molar-refractivity contribution in [1.82, 2.24) is 15.8 Å². The standard InChI is InChI=1S/C24H30N4O3.HI/c1-4-25-24(26-16-20-11-10-18(2)14-22(20)30-13-12-29-3)27-17-21-15-23(31-28-21)19-8-6-5-7-9-19;/h5-11,14-15H,4,12-13,16-17H2,1-3H3,(H2,25,26,27);1H. The highest BCUT2D eigenvalue weighted by atomic mass is 127. The van der Waals surface area contributed by atoms with Gasteiger partial charge in [-0.3, -0.25) is 0 Å². The minimum absolute atomic E-state index is 0. The summed E-state index contributed by atoms with van der Waals surface area (Å²) in [6.45, 7) is 6.88. The topological polar surface area (TPSA) is 80.9 Å². The second-order valence-corrected chi connectivity index (χ2v) is 7.05. The lowest BCUT2D eigenvalue weighted by atomic mass is 10.1. The Morgan fingerprint density at radius 2 is 1.88 bits per heavy atom. The Hall–Kier alpha value is -2.59. The minimum Gasteiger partial charge on any atom is -0.491 e. The fourth-order valence-corrected chi connectivity index (χ4v) is 2.98. The Morgan fingerprint density at radius 1 is 1.06 bits per heavy atom. The van der Waals surface area contributed by atoms with Crippen LogP contribution in [0.4, 0.5) is 0 Å². The molecule has 0 aliphatic heterocycles. The molecule has 0 saturated carbocycles. The molecule has 0 amide bonds. The molecule has 0 unspecified atom stereocenters. The number of nitrogens with one attached hydrogen (secondary N) is 2. The predicted octanol–water partition coefficient (Wildman–Crippen LogP) is 4.55. The molecule has 1 heterocycles. The first-order valence-electron chi connectivity index (χ1n) is 10.4. The number of ether oxygens (including phenoxy) is 2. The second-order valence-electron chi connectivity index (χ2n) is 7.05. The molecule has 0 fully saturated rings. The maximum absolute atomic E-state index is 5.87. The molecule has 172 valence electrons. The molecule has 0 radical (unpaired) electrons. The molecule has 0 bridgehead atoms. The van der Waals surface area contributed by atoms with E-state index in [2.05, 4.69) is 21.9 Å². The van der Waals surface area contributed by atoms with Crippen molar-refractivity contribution in [2.24, 2.45) is 4.99 Å². The maximum Gasteiger partial charge on any atom is 0.191 e. The minimum atomic E-state index is 0. The van der Waals surface area contributed by atoms with Gasteiger partial charge in [0.15, 0.2) is 11.7 Å². The third-order valence-corrected chi connectivity index (χ3v) is 4.57. The van der Waals surface area contributed by atoms with E-state index in [0.29, 0.717) is 32.3 Å². The van der Waals surface area contributed by atoms with Gasteiger partial charge in [-0.05, 0) is 25.5 Å². The van der Waals surface area contributed by atoms with Crippen LogP contribution in [0.2, 0.25) is 0 Å². The van der Waals surface area contributed by atoms with Gasteiger partial charge in [0.25, 0.3) is 0 Å². The van der Waals surface area contributed by atoms with Gasteiger partial charge in [-0.2, -0.15) is 0 Å². The van der Waals surface area contributed by atoms with Gasteiger partial charge < -0.3 is 24.6 Å². The van der Waals surface area contributed by atoms with Crippen LogP contribution >= 0.6 is 24.0 Å². The van der Waals surface area contributed by atoms with E-state index in [1.165, 1.54) is 0 Å². The summed E-state index contributed by atoms with van der Waals surface area (Å²) in [6, 6.07) is 18.0. The number of hydrogen-bond acceptors (Lipinski definition) is 5. The van der Waals surface area contributed by atoms with Gasteiger partial charge in [0, 0.05) is 30.8 Å². The predicted molar refractivity (Wildman–Crippen MR) is 138 cm³/mol. The van der Waals surface area contributed by atoms with Crippen molar-refractivity contribution >= 4 is 29.9 Å². The summed E-state index contributed by atoms with van der Waals surface area (Å²) in [5.74, 6) is 2.28. The number of benzene rings is 2. The van der Waals surface area contributed by atoms with Gasteiger partial charge in [-0.25, -0.2) is 4.99 Å². The highest BCUT2D eigenvalue weighted by Crippen LogP contribution is 2.22. The Labute approximate surface area is 206 Å². The quantitative estimate of drug-likeness (QED) is 0.167. The largest absolute Gasteiger partial charge is 0.491 e. The maximum atomic E-state index is 5.87. The Balaban J connectivity index is 0.00000363. The molecule has 0 spiro atoms. The van der Waals surface area contributed by atoms with E-state index in [9.17, 15) is 0 Å². The lowest BCUT2D eigenvalue weighted by molar-refractivity contribution is 0.145. The molecule has 8 heteroatoms. The molecule has 7 nitrogen and oxygen atoms in total. The summed E-state index contributed by atoms with van der Waals surface area (Å²) in [5, 5.41) is 10.7. The van der Waals surface area contributed by atoms with E-state index < -0.39 is 0 Å². The van der Waals surface area contributed by atoms with Gasteiger partial charge in [0.2, 0.25) is 0 Å². The first kappa shape index (κ1) is 25.7. The van der Waals surface area contributed by atoms with Crippen LogP contribution in [-0.2, 0) is 17.8 Å². The molecular formula is C24H31IN4O3. The van der Waals surface area contributed by atoms with Crippen molar-refractivity contribution in [2.75, 3.05) is 26.9 Å². The van der Waals surface area contributed by atoms with E-state index in [1.807, 2.05) is 62.4 Å². The Kier molecular flexibility index (Phi) is 11.0. The number of rotatable bonds is 10. The number of aliphatic imine (C=N–C) groups is 1. The van der Waals surface area contributed by atoms with Crippen LogP contribution in [0, 0.1) is 6.92 Å². The van der Waals surface area contributed by atoms with E-state index >= 15 is 0 Å². The molecule has 2 aromatic carbocycles. The lowest BCUT2D eigenvalue weighted by Crippen LogP contribution is -2.36. The average molecular weight is 550 g/mol. The van der Waals surface area contributed by atoms with Crippen molar-refractivity contribution in [3.05, 3.63) is 71.4 Å². The zero-order valence-electron chi connectivity index (χ0n) is 18.8. The van der Waals surface area contributed by atoms with Crippen LogP contribution in [0.5, 0.6) is 5.75 Å². The summed E-state index contributed by atoms with van der Waals surface area (Å²) in [4.78, 5) is 4.71. The highest BCUT2D eigenvalue weighted by molar-refractivity contribution is 14.0. The third kappa shape index (κ3) is 7.83. The first-order chi connectivity index (χ1) is 15.2. The zero-order valence-corrected chi connectivity index (χ0v) is 21.1. The van der Waals surface area contributed by atoms with Crippen molar-refractivity contribution < 1.29 is 14.0 Å². The van der Waals surface area contributed by atoms with E-state index in [-0.39, 0.29) is 24.0 Å². The number of aryl methyl sites for hydroxylation is 1. The molecule has 0 saturated heterocycles. The van der Waals surface area contributed by atoms with E-state index in [1.54, 1.807) is 7.11 Å². The molecule has 1 aromatic heterocycles. The van der Waals surface area contributed by atoms with Gasteiger partial charge in [0.1, 0.15) is 18.1 Å². The Morgan fingerprint density at radius 3 is 2.62 bits per heavy atom. The Bertz CT molecular complexity index is 976. The molecular weight excluding hydrogens is 519 g/mol. The van der Waals surface area contributed by atoms with E-state index in [4.69, 9.17) is 19.0 Å². The number of methoxy groups -OCH3 is 1. The molecule has 0 aliphatic rings. The molecule has 3 aromatic rings. The van der Waals surface area contributed by atoms with Gasteiger partial charge >= 0.3 is 0 Å². The van der Waals surface area contributed by atoms with Gasteiger partial charge in [0.05, 0.1) is 19.7 Å². The number of hydrogen-bond donors (Lipinski definition) is 2. The number of nitrogens with zero attached hydrogens (tertiary/aromatic N) is 2. The van der Waals surface area contributed by atoms with Gasteiger partial charge in [-0.15, -0.1) is 24.0 Å². The number of halogens is 1. The summed E-state index contributed by atoms with van der Waals surface area (Å²) in [5.41, 5.74) is 3.97. The lowest BCUT2D eigenvalue weighted by Gasteiger charge is -2.13. The van der Waals surface area contributed by atoms with Crippen LogP contribution in [0.25, 0.3) is 11.3 Å². The molecule has 2 N–H and O–H groups in total. The molecule has 32 heavy (non-hydrogen) atoms. The first-order valence-corrected chi connectivity index (χ1v) is 10.4. The fraction of sp³-hybridized carbons (Fsp3) is 0.333. The van der Waals surface area contributed by atoms with E-state index in [0.717, 1.165) is 40.4 Å². The molecule has 0 atom stereocenters.